The van der Waals surface area contributed by atoms with Crippen LogP contribution in [0.5, 0.6) is 11.5 Å². The Morgan fingerprint density at radius 2 is 1.94 bits per heavy atom. The summed E-state index contributed by atoms with van der Waals surface area (Å²) in [7, 11) is 3.23. The van der Waals surface area contributed by atoms with Crippen molar-refractivity contribution in [2.24, 2.45) is 0 Å². The van der Waals surface area contributed by atoms with Gasteiger partial charge < -0.3 is 14.2 Å². The van der Waals surface area contributed by atoms with Crippen LogP contribution in [-0.2, 0) is 4.74 Å². The Morgan fingerprint density at radius 1 is 1.19 bits per heavy atom. The Bertz CT molecular complexity index is 1040. The van der Waals surface area contributed by atoms with Crippen LogP contribution in [0.15, 0.2) is 36.4 Å². The van der Waals surface area contributed by atoms with Gasteiger partial charge in [-0.15, -0.1) is 0 Å². The first-order valence-corrected chi connectivity index (χ1v) is 11.7. The summed E-state index contributed by atoms with van der Waals surface area (Å²) < 4.78 is 17.3. The molecule has 9 heteroatoms. The first-order valence-electron chi connectivity index (χ1n) is 10.5. The van der Waals surface area contributed by atoms with Crippen molar-refractivity contribution in [3.63, 3.8) is 0 Å². The zero-order valence-corrected chi connectivity index (χ0v) is 19.7. The van der Waals surface area contributed by atoms with E-state index in [-0.39, 0.29) is 5.91 Å². The van der Waals surface area contributed by atoms with Crippen molar-refractivity contribution in [3.05, 3.63) is 47.0 Å². The summed E-state index contributed by atoms with van der Waals surface area (Å²) in [6, 6.07) is 10.7. The molecule has 0 spiro atoms. The lowest BCUT2D eigenvalue weighted by atomic mass is 10.2. The monoisotopic (exact) mass is 475 g/mol. The number of halogens is 1. The van der Waals surface area contributed by atoms with Crippen LogP contribution >= 0.6 is 22.9 Å². The Hall–Kier alpha value is -2.39. The maximum absolute atomic E-state index is 13.5. The van der Waals surface area contributed by atoms with Crippen molar-refractivity contribution in [1.82, 2.24) is 9.88 Å². The minimum atomic E-state index is -0.133. The molecule has 0 aliphatic carbocycles. The van der Waals surface area contributed by atoms with Gasteiger partial charge in [-0.05, 0) is 36.8 Å². The minimum Gasteiger partial charge on any atom is -0.495 e. The van der Waals surface area contributed by atoms with Crippen molar-refractivity contribution in [1.29, 1.82) is 0 Å². The molecule has 0 N–H and O–H groups in total. The molecule has 170 valence electrons. The van der Waals surface area contributed by atoms with Gasteiger partial charge in [-0.3, -0.25) is 14.6 Å². The molecule has 1 saturated heterocycles. The zero-order chi connectivity index (χ0) is 22.5. The third-order valence-corrected chi connectivity index (χ3v) is 6.73. The van der Waals surface area contributed by atoms with Gasteiger partial charge in [-0.1, -0.05) is 29.0 Å². The van der Waals surface area contributed by atoms with Gasteiger partial charge in [0, 0.05) is 36.8 Å². The Morgan fingerprint density at radius 3 is 2.66 bits per heavy atom. The first-order chi connectivity index (χ1) is 15.6. The number of carbonyl (C=O) groups excluding carboxylic acids is 1. The molecule has 3 aromatic rings. The maximum Gasteiger partial charge on any atom is 0.260 e. The zero-order valence-electron chi connectivity index (χ0n) is 18.2. The minimum absolute atomic E-state index is 0.133. The normalized spacial score (nSPS) is 14.5. The Kier molecular flexibility index (Phi) is 7.47. The van der Waals surface area contributed by atoms with E-state index in [1.54, 1.807) is 43.4 Å². The van der Waals surface area contributed by atoms with E-state index in [0.717, 1.165) is 44.0 Å². The first kappa shape index (κ1) is 22.8. The molecule has 32 heavy (non-hydrogen) atoms. The SMILES string of the molecule is COc1ccc(OC)c2sc(N(CCCN3CCOCC3)C(=O)c3cccc(Cl)c3)nc12. The summed E-state index contributed by atoms with van der Waals surface area (Å²) in [5.41, 5.74) is 1.21. The number of nitrogens with zero attached hydrogens (tertiary/aromatic N) is 3. The number of rotatable bonds is 8. The van der Waals surface area contributed by atoms with Crippen molar-refractivity contribution in [2.75, 3.05) is 58.5 Å². The average Bonchev–Trinajstić information content (AvgIpc) is 3.26. The number of aromatic nitrogens is 1. The van der Waals surface area contributed by atoms with E-state index in [9.17, 15) is 4.79 Å². The number of hydrogen-bond acceptors (Lipinski definition) is 7. The van der Waals surface area contributed by atoms with Gasteiger partial charge in [0.1, 0.15) is 21.7 Å². The molecule has 1 amide bonds. The summed E-state index contributed by atoms with van der Waals surface area (Å²) in [4.78, 5) is 22.4. The van der Waals surface area contributed by atoms with Crippen LogP contribution in [0.4, 0.5) is 5.13 Å². The fraction of sp³-hybridized carbons (Fsp3) is 0.391. The summed E-state index contributed by atoms with van der Waals surface area (Å²) >= 11 is 7.58. The van der Waals surface area contributed by atoms with E-state index in [0.29, 0.717) is 39.3 Å². The second-order valence-electron chi connectivity index (χ2n) is 7.42. The molecule has 7 nitrogen and oxygen atoms in total. The van der Waals surface area contributed by atoms with E-state index in [4.69, 9.17) is 30.8 Å². The van der Waals surface area contributed by atoms with Crippen LogP contribution in [0.3, 0.4) is 0 Å². The third kappa shape index (κ3) is 4.99. The number of benzene rings is 2. The lowest BCUT2D eigenvalue weighted by Crippen LogP contribution is -2.39. The van der Waals surface area contributed by atoms with Gasteiger partial charge in [0.25, 0.3) is 5.91 Å². The smallest absolute Gasteiger partial charge is 0.260 e. The lowest BCUT2D eigenvalue weighted by Gasteiger charge is -2.27. The number of amides is 1. The third-order valence-electron chi connectivity index (χ3n) is 5.41. The quantitative estimate of drug-likeness (QED) is 0.483. The number of fused-ring (bicyclic) bond motifs is 1. The fourth-order valence-electron chi connectivity index (χ4n) is 3.73. The van der Waals surface area contributed by atoms with Gasteiger partial charge in [-0.25, -0.2) is 4.98 Å². The van der Waals surface area contributed by atoms with Crippen LogP contribution in [-0.4, -0.2) is 69.4 Å². The summed E-state index contributed by atoms with van der Waals surface area (Å²) in [5, 5.41) is 1.13. The number of carbonyl (C=O) groups is 1. The molecule has 0 saturated carbocycles. The van der Waals surface area contributed by atoms with Crippen molar-refractivity contribution >= 4 is 44.2 Å². The molecule has 0 unspecified atom stereocenters. The number of thiazole rings is 1. The predicted octanol–water partition coefficient (Wildman–Crippen LogP) is 4.34. The highest BCUT2D eigenvalue weighted by atomic mass is 35.5. The lowest BCUT2D eigenvalue weighted by molar-refractivity contribution is 0.0376. The van der Waals surface area contributed by atoms with E-state index in [1.807, 2.05) is 12.1 Å². The van der Waals surface area contributed by atoms with Gasteiger partial charge in [0.2, 0.25) is 0 Å². The Balaban J connectivity index is 1.65. The molecular formula is C23H26ClN3O4S. The number of morpholine rings is 1. The highest BCUT2D eigenvalue weighted by Crippen LogP contribution is 2.40. The largest absolute Gasteiger partial charge is 0.495 e. The van der Waals surface area contributed by atoms with Crippen LogP contribution in [0.1, 0.15) is 16.8 Å². The summed E-state index contributed by atoms with van der Waals surface area (Å²) in [5.74, 6) is 1.21. The molecular weight excluding hydrogens is 450 g/mol. The van der Waals surface area contributed by atoms with E-state index >= 15 is 0 Å². The molecule has 0 radical (unpaired) electrons. The number of anilines is 1. The van der Waals surface area contributed by atoms with Gasteiger partial charge in [0.05, 0.1) is 27.4 Å². The topological polar surface area (TPSA) is 64.1 Å². The molecule has 1 aliphatic rings. The summed E-state index contributed by atoms with van der Waals surface area (Å²) in [6.45, 7) is 4.76. The van der Waals surface area contributed by atoms with E-state index < -0.39 is 0 Å². The van der Waals surface area contributed by atoms with Gasteiger partial charge >= 0.3 is 0 Å². The number of hydrogen-bond donors (Lipinski definition) is 0. The molecule has 0 atom stereocenters. The van der Waals surface area contributed by atoms with Gasteiger partial charge in [-0.2, -0.15) is 0 Å². The molecule has 1 fully saturated rings. The highest BCUT2D eigenvalue weighted by Gasteiger charge is 2.24. The van der Waals surface area contributed by atoms with E-state index in [2.05, 4.69) is 4.90 Å². The van der Waals surface area contributed by atoms with Crippen LogP contribution in [0.25, 0.3) is 10.2 Å². The molecule has 0 bridgehead atoms. The van der Waals surface area contributed by atoms with E-state index in [1.165, 1.54) is 11.3 Å². The van der Waals surface area contributed by atoms with Gasteiger partial charge in [0.15, 0.2) is 5.13 Å². The average molecular weight is 476 g/mol. The number of ether oxygens (including phenoxy) is 3. The molecule has 4 rings (SSSR count). The molecule has 1 aromatic heterocycles. The highest BCUT2D eigenvalue weighted by molar-refractivity contribution is 7.22. The molecule has 1 aliphatic heterocycles. The fourth-order valence-corrected chi connectivity index (χ4v) is 5.02. The van der Waals surface area contributed by atoms with Crippen LogP contribution < -0.4 is 14.4 Å². The molecule has 2 aromatic carbocycles. The van der Waals surface area contributed by atoms with Crippen LogP contribution in [0, 0.1) is 0 Å². The second kappa shape index (κ2) is 10.5. The van der Waals surface area contributed by atoms with Crippen molar-refractivity contribution in [3.8, 4) is 11.5 Å². The number of methoxy groups -OCH3 is 2. The summed E-state index contributed by atoms with van der Waals surface area (Å²) in [6.07, 6.45) is 0.816. The predicted molar refractivity (Wildman–Crippen MR) is 128 cm³/mol. The maximum atomic E-state index is 13.5. The van der Waals surface area contributed by atoms with Crippen molar-refractivity contribution in [2.45, 2.75) is 6.42 Å². The standard InChI is InChI=1S/C23H26ClN3O4S/c1-29-18-7-8-19(30-2)21-20(18)25-23(32-21)27(10-4-9-26-11-13-31-14-12-26)22(28)16-5-3-6-17(24)15-16/h3,5-8,15H,4,9-14H2,1-2H3. The van der Waals surface area contributed by atoms with Crippen LogP contribution in [0.2, 0.25) is 5.02 Å². The van der Waals surface area contributed by atoms with Crippen molar-refractivity contribution < 1.29 is 19.0 Å². The Labute approximate surface area is 196 Å². The second-order valence-corrected chi connectivity index (χ2v) is 8.83. The molecule has 2 heterocycles.